The number of methoxy groups -OCH3 is 1. The zero-order valence-electron chi connectivity index (χ0n) is 10.9. The quantitative estimate of drug-likeness (QED) is 0.648. The van der Waals surface area contributed by atoms with E-state index in [4.69, 9.17) is 11.6 Å². The molecule has 0 radical (unpaired) electrons. The maximum atomic E-state index is 11.7. The van der Waals surface area contributed by atoms with Crippen molar-refractivity contribution in [2.75, 3.05) is 23.9 Å². The van der Waals surface area contributed by atoms with Crippen LogP contribution in [0.25, 0.3) is 0 Å². The molecular weight excluding hydrogens is 286 g/mol. The number of carbonyl (C=O) groups excluding carboxylic acids is 2. The number of hydrogen-bond acceptors (Lipinski definition) is 4. The Kier molecular flexibility index (Phi) is 6.73. The predicted octanol–water partition coefficient (Wildman–Crippen LogP) is 2.88. The van der Waals surface area contributed by atoms with Crippen molar-refractivity contribution in [2.24, 2.45) is 0 Å². The minimum Gasteiger partial charge on any atom is -0.468 e. The Morgan fingerprint density at radius 3 is 2.79 bits per heavy atom. The van der Waals surface area contributed by atoms with Gasteiger partial charge in [-0.3, -0.25) is 9.59 Å². The van der Waals surface area contributed by atoms with Crippen molar-refractivity contribution in [3.63, 3.8) is 0 Å². The fraction of sp³-hybridized carbons (Fsp3) is 0.385. The number of nitrogens with one attached hydrogen (secondary N) is 1. The molecule has 0 fully saturated rings. The maximum absolute atomic E-state index is 11.7. The Balaban J connectivity index is 2.33. The molecule has 4 nitrogen and oxygen atoms in total. The number of esters is 1. The molecule has 1 aromatic rings. The molecular formula is C13H16ClNO3S. The number of benzene rings is 1. The third-order valence-corrected chi connectivity index (χ3v) is 3.57. The molecule has 1 amide bonds. The summed E-state index contributed by atoms with van der Waals surface area (Å²) in [7, 11) is 1.34. The largest absolute Gasteiger partial charge is 0.468 e. The lowest BCUT2D eigenvalue weighted by atomic mass is 10.2. The van der Waals surface area contributed by atoms with Gasteiger partial charge in [0.1, 0.15) is 0 Å². The number of aryl methyl sites for hydroxylation is 1. The highest BCUT2D eigenvalue weighted by Gasteiger charge is 2.07. The molecule has 1 aromatic carbocycles. The van der Waals surface area contributed by atoms with Gasteiger partial charge >= 0.3 is 5.97 Å². The van der Waals surface area contributed by atoms with Gasteiger partial charge in [-0.2, -0.15) is 0 Å². The third-order valence-electron chi connectivity index (χ3n) is 2.32. The van der Waals surface area contributed by atoms with E-state index >= 15 is 0 Å². The smallest absolute Gasteiger partial charge is 0.315 e. The minimum absolute atomic E-state index is 0.122. The lowest BCUT2D eigenvalue weighted by Gasteiger charge is -2.07. The van der Waals surface area contributed by atoms with Gasteiger partial charge in [-0.1, -0.05) is 17.7 Å². The van der Waals surface area contributed by atoms with E-state index in [2.05, 4.69) is 10.1 Å². The highest BCUT2D eigenvalue weighted by molar-refractivity contribution is 7.99. The zero-order valence-corrected chi connectivity index (χ0v) is 12.4. The summed E-state index contributed by atoms with van der Waals surface area (Å²) in [5, 5.41) is 3.26. The lowest BCUT2D eigenvalue weighted by Crippen LogP contribution is -2.13. The first-order valence-corrected chi connectivity index (χ1v) is 7.26. The van der Waals surface area contributed by atoms with Crippen LogP contribution >= 0.6 is 23.4 Å². The number of amides is 1. The summed E-state index contributed by atoms with van der Waals surface area (Å²) in [6.45, 7) is 1.93. The molecule has 0 aliphatic rings. The summed E-state index contributed by atoms with van der Waals surface area (Å²) in [4.78, 5) is 22.5. The average Bonchev–Trinajstić information content (AvgIpc) is 2.37. The first kappa shape index (κ1) is 15.9. The number of thioether (sulfide) groups is 1. The lowest BCUT2D eigenvalue weighted by molar-refractivity contribution is -0.137. The third kappa shape index (κ3) is 5.98. The van der Waals surface area contributed by atoms with Crippen LogP contribution in [0.4, 0.5) is 5.69 Å². The minimum atomic E-state index is -0.285. The second kappa shape index (κ2) is 8.07. The van der Waals surface area contributed by atoms with Crippen molar-refractivity contribution >= 4 is 40.9 Å². The van der Waals surface area contributed by atoms with Crippen LogP contribution in [0.5, 0.6) is 0 Å². The Hall–Kier alpha value is -1.20. The van der Waals surface area contributed by atoms with Crippen LogP contribution in [0.3, 0.4) is 0 Å². The fourth-order valence-corrected chi connectivity index (χ4v) is 2.35. The molecule has 104 valence electrons. The molecule has 6 heteroatoms. The number of rotatable bonds is 6. The Bertz CT molecular complexity index is 465. The molecule has 0 atom stereocenters. The van der Waals surface area contributed by atoms with E-state index in [1.807, 2.05) is 13.0 Å². The summed E-state index contributed by atoms with van der Waals surface area (Å²) >= 11 is 7.38. The number of carbonyl (C=O) groups is 2. The van der Waals surface area contributed by atoms with Crippen molar-refractivity contribution in [3.8, 4) is 0 Å². The van der Waals surface area contributed by atoms with Gasteiger partial charge in [-0.25, -0.2) is 0 Å². The van der Waals surface area contributed by atoms with Crippen LogP contribution in [0.15, 0.2) is 18.2 Å². The maximum Gasteiger partial charge on any atom is 0.315 e. The van der Waals surface area contributed by atoms with Gasteiger partial charge in [-0.05, 0) is 24.6 Å². The summed E-state index contributed by atoms with van der Waals surface area (Å²) in [6.07, 6.45) is 0.325. The van der Waals surface area contributed by atoms with Gasteiger partial charge in [0.05, 0.1) is 23.6 Å². The standard InChI is InChI=1S/C13H16ClNO3S/c1-9-3-4-11(10(14)7-9)15-12(16)5-6-19-8-13(17)18-2/h3-4,7H,5-6,8H2,1-2H3,(H,15,16). The average molecular weight is 302 g/mol. The van der Waals surface area contributed by atoms with E-state index in [1.54, 1.807) is 12.1 Å². The number of hydrogen-bond donors (Lipinski definition) is 1. The second-order valence-electron chi connectivity index (χ2n) is 3.91. The molecule has 0 aromatic heterocycles. The second-order valence-corrected chi connectivity index (χ2v) is 5.42. The molecule has 0 unspecified atom stereocenters. The Labute approximate surface area is 121 Å². The van der Waals surface area contributed by atoms with Crippen molar-refractivity contribution in [2.45, 2.75) is 13.3 Å². The van der Waals surface area contributed by atoms with Crippen LogP contribution < -0.4 is 5.32 Å². The molecule has 0 saturated heterocycles. The van der Waals surface area contributed by atoms with E-state index in [1.165, 1.54) is 18.9 Å². The van der Waals surface area contributed by atoms with Gasteiger partial charge < -0.3 is 10.1 Å². The van der Waals surface area contributed by atoms with Crippen LogP contribution in [-0.2, 0) is 14.3 Å². The van der Waals surface area contributed by atoms with Gasteiger partial charge in [0.25, 0.3) is 0 Å². The van der Waals surface area contributed by atoms with Crippen LogP contribution in [0.2, 0.25) is 5.02 Å². The molecule has 1 rings (SSSR count). The first-order valence-electron chi connectivity index (χ1n) is 5.73. The summed E-state index contributed by atoms with van der Waals surface area (Å²) in [6, 6.07) is 5.45. The molecule has 0 heterocycles. The summed E-state index contributed by atoms with van der Waals surface area (Å²) < 4.78 is 4.50. The van der Waals surface area contributed by atoms with Gasteiger partial charge in [0.2, 0.25) is 5.91 Å². The van der Waals surface area contributed by atoms with Crippen molar-refractivity contribution in [3.05, 3.63) is 28.8 Å². The Morgan fingerprint density at radius 2 is 2.16 bits per heavy atom. The van der Waals surface area contributed by atoms with Crippen LogP contribution in [-0.4, -0.2) is 30.5 Å². The van der Waals surface area contributed by atoms with E-state index in [0.717, 1.165) is 5.56 Å². The fourth-order valence-electron chi connectivity index (χ4n) is 1.31. The van der Waals surface area contributed by atoms with E-state index in [-0.39, 0.29) is 17.6 Å². The number of halogens is 1. The first-order chi connectivity index (χ1) is 9.02. The molecule has 1 N–H and O–H groups in total. The van der Waals surface area contributed by atoms with Crippen molar-refractivity contribution < 1.29 is 14.3 Å². The Morgan fingerprint density at radius 1 is 1.42 bits per heavy atom. The molecule has 0 spiro atoms. The van der Waals surface area contributed by atoms with Crippen LogP contribution in [0, 0.1) is 6.92 Å². The van der Waals surface area contributed by atoms with Gasteiger partial charge in [0, 0.05) is 12.2 Å². The van der Waals surface area contributed by atoms with E-state index in [0.29, 0.717) is 22.9 Å². The topological polar surface area (TPSA) is 55.4 Å². The highest BCUT2D eigenvalue weighted by atomic mass is 35.5. The van der Waals surface area contributed by atoms with Crippen LogP contribution in [0.1, 0.15) is 12.0 Å². The molecule has 0 aliphatic heterocycles. The zero-order chi connectivity index (χ0) is 14.3. The SMILES string of the molecule is COC(=O)CSCCC(=O)Nc1ccc(C)cc1Cl. The predicted molar refractivity (Wildman–Crippen MR) is 78.8 cm³/mol. The van der Waals surface area contributed by atoms with Crippen molar-refractivity contribution in [1.82, 2.24) is 0 Å². The van der Waals surface area contributed by atoms with Gasteiger partial charge in [0.15, 0.2) is 0 Å². The number of ether oxygens (including phenoxy) is 1. The van der Waals surface area contributed by atoms with E-state index < -0.39 is 0 Å². The van der Waals surface area contributed by atoms with E-state index in [9.17, 15) is 9.59 Å². The molecule has 0 aliphatic carbocycles. The molecule has 0 bridgehead atoms. The van der Waals surface area contributed by atoms with Crippen molar-refractivity contribution in [1.29, 1.82) is 0 Å². The summed E-state index contributed by atoms with van der Waals surface area (Å²) in [5.41, 5.74) is 1.65. The normalized spacial score (nSPS) is 10.1. The monoisotopic (exact) mass is 301 g/mol. The molecule has 0 saturated carbocycles. The summed E-state index contributed by atoms with van der Waals surface area (Å²) in [5.74, 6) is 0.412. The highest BCUT2D eigenvalue weighted by Crippen LogP contribution is 2.22. The molecule has 19 heavy (non-hydrogen) atoms. The van der Waals surface area contributed by atoms with Gasteiger partial charge in [-0.15, -0.1) is 11.8 Å². The number of anilines is 1.